The van der Waals surface area contributed by atoms with Crippen LogP contribution in [0.5, 0.6) is 0 Å². The highest BCUT2D eigenvalue weighted by Gasteiger charge is 1.92. The van der Waals surface area contributed by atoms with E-state index in [-0.39, 0.29) is 6.61 Å². The van der Waals surface area contributed by atoms with Crippen molar-refractivity contribution in [2.45, 2.75) is 32.1 Å². The average Bonchev–Trinajstić information content (AvgIpc) is 2.19. The van der Waals surface area contributed by atoms with E-state index >= 15 is 0 Å². The molecular weight excluding hydrogens is 162 g/mol. The van der Waals surface area contributed by atoms with Crippen LogP contribution in [0.3, 0.4) is 0 Å². The minimum absolute atomic E-state index is 0.0786. The fraction of sp³-hybridized carbons (Fsp3) is 0.545. The SMILES string of the molecule is [O]CCCCCCc1ccncc1. The second kappa shape index (κ2) is 6.61. The second-order valence-electron chi connectivity index (χ2n) is 3.22. The number of hydrogen-bond acceptors (Lipinski definition) is 1. The Morgan fingerprint density at radius 1 is 1.00 bits per heavy atom. The Hall–Kier alpha value is -0.890. The van der Waals surface area contributed by atoms with Gasteiger partial charge in [0.15, 0.2) is 0 Å². The van der Waals surface area contributed by atoms with E-state index in [1.54, 1.807) is 0 Å². The number of rotatable bonds is 6. The third-order valence-corrected chi connectivity index (χ3v) is 2.11. The van der Waals surface area contributed by atoms with Gasteiger partial charge in [0.2, 0.25) is 0 Å². The molecule has 1 heterocycles. The van der Waals surface area contributed by atoms with Gasteiger partial charge in [-0.1, -0.05) is 12.8 Å². The van der Waals surface area contributed by atoms with E-state index in [2.05, 4.69) is 4.98 Å². The molecule has 1 aromatic heterocycles. The Morgan fingerprint density at radius 3 is 2.38 bits per heavy atom. The monoisotopic (exact) mass is 178 g/mol. The molecule has 0 fully saturated rings. The highest BCUT2D eigenvalue weighted by molar-refractivity contribution is 5.09. The molecule has 0 unspecified atom stereocenters. The van der Waals surface area contributed by atoms with Gasteiger partial charge in [-0.25, -0.2) is 5.11 Å². The van der Waals surface area contributed by atoms with E-state index in [0.29, 0.717) is 0 Å². The van der Waals surface area contributed by atoms with Crippen molar-refractivity contribution in [2.24, 2.45) is 0 Å². The molecule has 2 heteroatoms. The maximum absolute atomic E-state index is 10.2. The zero-order valence-electron chi connectivity index (χ0n) is 7.91. The minimum atomic E-state index is 0.0786. The molecule has 0 spiro atoms. The fourth-order valence-electron chi connectivity index (χ4n) is 1.33. The van der Waals surface area contributed by atoms with Crippen molar-refractivity contribution in [3.05, 3.63) is 30.1 Å². The zero-order valence-corrected chi connectivity index (χ0v) is 7.91. The summed E-state index contributed by atoms with van der Waals surface area (Å²) >= 11 is 0. The van der Waals surface area contributed by atoms with Gasteiger partial charge in [-0.15, -0.1) is 0 Å². The Kier molecular flexibility index (Phi) is 5.18. The topological polar surface area (TPSA) is 32.8 Å². The molecular formula is C11H16NO. The van der Waals surface area contributed by atoms with Crippen LogP contribution < -0.4 is 0 Å². The van der Waals surface area contributed by atoms with Gasteiger partial charge in [0.25, 0.3) is 0 Å². The maximum Gasteiger partial charge on any atom is 0.0822 e. The Labute approximate surface area is 79.6 Å². The predicted molar refractivity (Wildman–Crippen MR) is 52.0 cm³/mol. The van der Waals surface area contributed by atoms with Crippen LogP contribution in [0.1, 0.15) is 31.2 Å². The van der Waals surface area contributed by atoms with E-state index in [1.807, 2.05) is 24.5 Å². The first-order valence-corrected chi connectivity index (χ1v) is 4.90. The lowest BCUT2D eigenvalue weighted by atomic mass is 10.1. The Balaban J connectivity index is 2.07. The number of hydrogen-bond donors (Lipinski definition) is 0. The number of unbranched alkanes of at least 4 members (excludes halogenated alkanes) is 3. The molecule has 1 aromatic rings. The molecule has 0 atom stereocenters. The highest BCUT2D eigenvalue weighted by Crippen LogP contribution is 2.06. The van der Waals surface area contributed by atoms with Gasteiger partial charge in [-0.3, -0.25) is 4.98 Å². The Bertz CT molecular complexity index is 211. The van der Waals surface area contributed by atoms with E-state index in [1.165, 1.54) is 18.4 Å². The lowest BCUT2D eigenvalue weighted by Gasteiger charge is -1.99. The van der Waals surface area contributed by atoms with Gasteiger partial charge < -0.3 is 0 Å². The molecule has 1 rings (SSSR count). The number of pyridine rings is 1. The summed E-state index contributed by atoms with van der Waals surface area (Å²) in [7, 11) is 0. The summed E-state index contributed by atoms with van der Waals surface area (Å²) in [6.45, 7) is 0.0786. The lowest BCUT2D eigenvalue weighted by Crippen LogP contribution is -1.87. The van der Waals surface area contributed by atoms with Gasteiger partial charge >= 0.3 is 0 Å². The standard InChI is InChI=1S/C11H16NO/c13-10-4-2-1-3-5-11-6-8-12-9-7-11/h6-9H,1-5,10H2. The first kappa shape index (κ1) is 10.2. The number of aromatic nitrogens is 1. The molecule has 0 aromatic carbocycles. The highest BCUT2D eigenvalue weighted by atomic mass is 16.2. The van der Waals surface area contributed by atoms with Crippen LogP contribution in [-0.2, 0) is 11.5 Å². The molecule has 0 aliphatic carbocycles. The van der Waals surface area contributed by atoms with E-state index in [0.717, 1.165) is 19.3 Å². The maximum atomic E-state index is 10.2. The quantitative estimate of drug-likeness (QED) is 0.616. The van der Waals surface area contributed by atoms with Crippen LogP contribution in [0.2, 0.25) is 0 Å². The van der Waals surface area contributed by atoms with Crippen molar-refractivity contribution < 1.29 is 5.11 Å². The summed E-state index contributed by atoms with van der Waals surface area (Å²) in [6, 6.07) is 4.10. The van der Waals surface area contributed by atoms with Crippen molar-refractivity contribution in [2.75, 3.05) is 6.61 Å². The van der Waals surface area contributed by atoms with Crippen LogP contribution in [-0.4, -0.2) is 11.6 Å². The predicted octanol–water partition coefficient (Wildman–Crippen LogP) is 2.62. The molecule has 0 aliphatic heterocycles. The van der Waals surface area contributed by atoms with Gasteiger partial charge in [0, 0.05) is 12.4 Å². The molecule has 0 aliphatic rings. The van der Waals surface area contributed by atoms with Gasteiger partial charge in [-0.05, 0) is 37.0 Å². The number of aryl methyl sites for hydroxylation is 1. The Morgan fingerprint density at radius 2 is 1.69 bits per heavy atom. The van der Waals surface area contributed by atoms with Crippen LogP contribution in [0.25, 0.3) is 0 Å². The summed E-state index contributed by atoms with van der Waals surface area (Å²) < 4.78 is 0. The fourth-order valence-corrected chi connectivity index (χ4v) is 1.33. The van der Waals surface area contributed by atoms with Crippen molar-refractivity contribution >= 4 is 0 Å². The molecule has 2 nitrogen and oxygen atoms in total. The lowest BCUT2D eigenvalue weighted by molar-refractivity contribution is 0.186. The third kappa shape index (κ3) is 4.63. The third-order valence-electron chi connectivity index (χ3n) is 2.11. The molecule has 0 N–H and O–H groups in total. The van der Waals surface area contributed by atoms with Gasteiger partial charge in [0.05, 0.1) is 6.61 Å². The van der Waals surface area contributed by atoms with E-state index < -0.39 is 0 Å². The van der Waals surface area contributed by atoms with Crippen LogP contribution >= 0.6 is 0 Å². The molecule has 0 amide bonds. The summed E-state index contributed by atoms with van der Waals surface area (Å²) in [6.07, 6.45) is 9.03. The average molecular weight is 178 g/mol. The smallest absolute Gasteiger partial charge is 0.0822 e. The summed E-state index contributed by atoms with van der Waals surface area (Å²) in [5.74, 6) is 0. The molecule has 71 valence electrons. The van der Waals surface area contributed by atoms with E-state index in [4.69, 9.17) is 0 Å². The largest absolute Gasteiger partial charge is 0.265 e. The second-order valence-corrected chi connectivity index (χ2v) is 3.22. The van der Waals surface area contributed by atoms with E-state index in [9.17, 15) is 5.11 Å². The summed E-state index contributed by atoms with van der Waals surface area (Å²) in [5.41, 5.74) is 1.34. The minimum Gasteiger partial charge on any atom is -0.265 e. The van der Waals surface area contributed by atoms with Gasteiger partial charge in [-0.2, -0.15) is 0 Å². The molecule has 0 saturated heterocycles. The molecule has 0 bridgehead atoms. The van der Waals surface area contributed by atoms with Crippen LogP contribution in [0, 0.1) is 0 Å². The van der Waals surface area contributed by atoms with Crippen molar-refractivity contribution in [3.63, 3.8) is 0 Å². The zero-order chi connectivity index (χ0) is 9.36. The first-order chi connectivity index (χ1) is 6.43. The summed E-state index contributed by atoms with van der Waals surface area (Å²) in [4.78, 5) is 3.96. The normalized spacial score (nSPS) is 10.2. The van der Waals surface area contributed by atoms with Gasteiger partial charge in [0.1, 0.15) is 0 Å². The van der Waals surface area contributed by atoms with Crippen molar-refractivity contribution in [1.82, 2.24) is 4.98 Å². The van der Waals surface area contributed by atoms with Crippen molar-refractivity contribution in [1.29, 1.82) is 0 Å². The molecule has 0 saturated carbocycles. The first-order valence-electron chi connectivity index (χ1n) is 4.90. The summed E-state index contributed by atoms with van der Waals surface area (Å²) in [5, 5.41) is 10.2. The van der Waals surface area contributed by atoms with Crippen molar-refractivity contribution in [3.8, 4) is 0 Å². The number of nitrogens with zero attached hydrogens (tertiary/aromatic N) is 1. The van der Waals surface area contributed by atoms with Crippen LogP contribution in [0.4, 0.5) is 0 Å². The molecule has 1 radical (unpaired) electrons. The van der Waals surface area contributed by atoms with Crippen LogP contribution in [0.15, 0.2) is 24.5 Å². The molecule has 13 heavy (non-hydrogen) atoms.